The van der Waals surface area contributed by atoms with Gasteiger partial charge < -0.3 is 10.3 Å². The third-order valence-corrected chi connectivity index (χ3v) is 2.80. The molecule has 0 saturated heterocycles. The van der Waals surface area contributed by atoms with Crippen molar-refractivity contribution in [3.05, 3.63) is 48.0 Å². The molecule has 0 amide bonds. The minimum absolute atomic E-state index is 0.876. The SMILES string of the molecule is CCc1nccn1CCc1ccccc1N. The third-order valence-electron chi connectivity index (χ3n) is 2.80. The van der Waals surface area contributed by atoms with Gasteiger partial charge in [0.05, 0.1) is 0 Å². The number of anilines is 1. The zero-order chi connectivity index (χ0) is 11.4. The highest BCUT2D eigenvalue weighted by molar-refractivity contribution is 5.46. The fourth-order valence-corrected chi connectivity index (χ4v) is 1.86. The Hall–Kier alpha value is -1.77. The topological polar surface area (TPSA) is 43.8 Å². The van der Waals surface area contributed by atoms with Gasteiger partial charge in [0.25, 0.3) is 0 Å². The summed E-state index contributed by atoms with van der Waals surface area (Å²) < 4.78 is 2.19. The molecule has 0 fully saturated rings. The molecule has 0 bridgehead atoms. The van der Waals surface area contributed by atoms with Crippen LogP contribution in [0.5, 0.6) is 0 Å². The van der Waals surface area contributed by atoms with E-state index in [4.69, 9.17) is 5.73 Å². The number of nitrogens with two attached hydrogens (primary N) is 1. The summed E-state index contributed by atoms with van der Waals surface area (Å²) in [5, 5.41) is 0. The Labute approximate surface area is 95.9 Å². The molecule has 0 atom stereocenters. The fourth-order valence-electron chi connectivity index (χ4n) is 1.86. The van der Waals surface area contributed by atoms with Crippen molar-refractivity contribution in [2.75, 3.05) is 5.73 Å². The largest absolute Gasteiger partial charge is 0.399 e. The Bertz CT molecular complexity index is 460. The van der Waals surface area contributed by atoms with Crippen molar-refractivity contribution in [3.63, 3.8) is 0 Å². The van der Waals surface area contributed by atoms with Crippen molar-refractivity contribution in [2.24, 2.45) is 0 Å². The second-order valence-corrected chi connectivity index (χ2v) is 3.84. The van der Waals surface area contributed by atoms with E-state index in [1.54, 1.807) is 0 Å². The van der Waals surface area contributed by atoms with Gasteiger partial charge in [0, 0.05) is 31.0 Å². The quantitative estimate of drug-likeness (QED) is 0.795. The van der Waals surface area contributed by atoms with Crippen LogP contribution in [-0.4, -0.2) is 9.55 Å². The van der Waals surface area contributed by atoms with Gasteiger partial charge in [-0.2, -0.15) is 0 Å². The molecule has 0 aliphatic carbocycles. The Morgan fingerprint density at radius 1 is 1.31 bits per heavy atom. The van der Waals surface area contributed by atoms with E-state index in [9.17, 15) is 0 Å². The number of rotatable bonds is 4. The molecule has 0 unspecified atom stereocenters. The maximum Gasteiger partial charge on any atom is 0.108 e. The Balaban J connectivity index is 2.05. The van der Waals surface area contributed by atoms with E-state index in [0.29, 0.717) is 0 Å². The smallest absolute Gasteiger partial charge is 0.108 e. The lowest BCUT2D eigenvalue weighted by Crippen LogP contribution is -2.05. The maximum atomic E-state index is 5.91. The molecule has 3 nitrogen and oxygen atoms in total. The van der Waals surface area contributed by atoms with Crippen LogP contribution < -0.4 is 5.73 Å². The summed E-state index contributed by atoms with van der Waals surface area (Å²) in [5.74, 6) is 1.13. The van der Waals surface area contributed by atoms with Crippen LogP contribution in [0.3, 0.4) is 0 Å². The first-order chi connectivity index (χ1) is 7.81. The summed E-state index contributed by atoms with van der Waals surface area (Å²) >= 11 is 0. The molecular formula is C13H17N3. The fraction of sp³-hybridized carbons (Fsp3) is 0.308. The van der Waals surface area contributed by atoms with Gasteiger partial charge in [-0.1, -0.05) is 25.1 Å². The van der Waals surface area contributed by atoms with Crippen molar-refractivity contribution in [2.45, 2.75) is 26.3 Å². The van der Waals surface area contributed by atoms with Crippen molar-refractivity contribution in [1.82, 2.24) is 9.55 Å². The van der Waals surface area contributed by atoms with E-state index in [-0.39, 0.29) is 0 Å². The van der Waals surface area contributed by atoms with Crippen LogP contribution in [0.4, 0.5) is 5.69 Å². The molecule has 1 heterocycles. The van der Waals surface area contributed by atoms with E-state index >= 15 is 0 Å². The first kappa shape index (κ1) is 10.7. The van der Waals surface area contributed by atoms with Crippen molar-refractivity contribution in [1.29, 1.82) is 0 Å². The molecule has 3 heteroatoms. The number of nitrogens with zero attached hydrogens (tertiary/aromatic N) is 2. The van der Waals surface area contributed by atoms with Crippen LogP contribution >= 0.6 is 0 Å². The molecule has 2 aromatic rings. The van der Waals surface area contributed by atoms with Crippen molar-refractivity contribution in [3.8, 4) is 0 Å². The van der Waals surface area contributed by atoms with Crippen molar-refractivity contribution >= 4 is 5.69 Å². The van der Waals surface area contributed by atoms with Gasteiger partial charge in [-0.05, 0) is 18.1 Å². The number of para-hydroxylation sites is 1. The zero-order valence-corrected chi connectivity index (χ0v) is 9.56. The van der Waals surface area contributed by atoms with Gasteiger partial charge in [0.15, 0.2) is 0 Å². The van der Waals surface area contributed by atoms with Crippen LogP contribution in [-0.2, 0) is 19.4 Å². The molecular weight excluding hydrogens is 198 g/mol. The summed E-state index contributed by atoms with van der Waals surface area (Å²) in [5.41, 5.74) is 7.99. The lowest BCUT2D eigenvalue weighted by Gasteiger charge is -2.08. The van der Waals surface area contributed by atoms with E-state index < -0.39 is 0 Å². The second kappa shape index (κ2) is 4.84. The van der Waals surface area contributed by atoms with Crippen LogP contribution in [0.15, 0.2) is 36.7 Å². The number of hydrogen-bond donors (Lipinski definition) is 1. The summed E-state index contributed by atoms with van der Waals surface area (Å²) in [6.07, 6.45) is 5.80. The summed E-state index contributed by atoms with van der Waals surface area (Å²) in [6, 6.07) is 8.02. The molecule has 1 aromatic carbocycles. The zero-order valence-electron chi connectivity index (χ0n) is 9.56. The molecule has 0 radical (unpaired) electrons. The molecule has 0 saturated carbocycles. The highest BCUT2D eigenvalue weighted by Gasteiger charge is 2.02. The predicted octanol–water partition coefficient (Wildman–Crippen LogP) is 2.27. The first-order valence-corrected chi connectivity index (χ1v) is 5.64. The van der Waals surface area contributed by atoms with Crippen LogP contribution in [0.25, 0.3) is 0 Å². The molecule has 0 aliphatic heterocycles. The maximum absolute atomic E-state index is 5.91. The average molecular weight is 215 g/mol. The van der Waals surface area contributed by atoms with E-state index in [2.05, 4.69) is 22.5 Å². The van der Waals surface area contributed by atoms with Gasteiger partial charge in [-0.3, -0.25) is 0 Å². The van der Waals surface area contributed by atoms with Crippen LogP contribution in [0, 0.1) is 0 Å². The number of aromatic nitrogens is 2. The lowest BCUT2D eigenvalue weighted by molar-refractivity contribution is 0.657. The van der Waals surface area contributed by atoms with E-state index in [1.807, 2.05) is 30.6 Å². The molecule has 0 aliphatic rings. The molecule has 2 rings (SSSR count). The lowest BCUT2D eigenvalue weighted by atomic mass is 10.1. The summed E-state index contributed by atoms with van der Waals surface area (Å²) in [4.78, 5) is 4.30. The van der Waals surface area contributed by atoms with E-state index in [0.717, 1.165) is 30.9 Å². The standard InChI is InChI=1S/C13H17N3/c1-2-13-15-8-10-16(13)9-7-11-5-3-4-6-12(11)14/h3-6,8,10H,2,7,9,14H2,1H3. The Morgan fingerprint density at radius 2 is 2.12 bits per heavy atom. The molecule has 1 aromatic heterocycles. The predicted molar refractivity (Wildman–Crippen MR) is 66.2 cm³/mol. The normalized spacial score (nSPS) is 10.6. The van der Waals surface area contributed by atoms with Gasteiger partial charge in [-0.25, -0.2) is 4.98 Å². The number of benzene rings is 1. The van der Waals surface area contributed by atoms with Crippen LogP contribution in [0.2, 0.25) is 0 Å². The number of aryl methyl sites for hydroxylation is 3. The summed E-state index contributed by atoms with van der Waals surface area (Å²) in [7, 11) is 0. The monoisotopic (exact) mass is 215 g/mol. The highest BCUT2D eigenvalue weighted by Crippen LogP contribution is 2.12. The Morgan fingerprint density at radius 3 is 2.88 bits per heavy atom. The van der Waals surface area contributed by atoms with Crippen molar-refractivity contribution < 1.29 is 0 Å². The Kier molecular flexibility index (Phi) is 3.25. The second-order valence-electron chi connectivity index (χ2n) is 3.84. The summed E-state index contributed by atoms with van der Waals surface area (Å²) in [6.45, 7) is 3.06. The van der Waals surface area contributed by atoms with E-state index in [1.165, 1.54) is 5.56 Å². The molecule has 16 heavy (non-hydrogen) atoms. The highest BCUT2D eigenvalue weighted by atomic mass is 15.1. The third kappa shape index (κ3) is 2.24. The van der Waals surface area contributed by atoms with Crippen LogP contribution in [0.1, 0.15) is 18.3 Å². The van der Waals surface area contributed by atoms with Gasteiger partial charge in [0.2, 0.25) is 0 Å². The molecule has 84 valence electrons. The molecule has 0 spiro atoms. The minimum Gasteiger partial charge on any atom is -0.399 e. The number of imidazole rings is 1. The first-order valence-electron chi connectivity index (χ1n) is 5.64. The number of nitrogen functional groups attached to an aromatic ring is 1. The average Bonchev–Trinajstić information content (AvgIpc) is 2.75. The number of hydrogen-bond acceptors (Lipinski definition) is 2. The molecule has 2 N–H and O–H groups in total. The van der Waals surface area contributed by atoms with Gasteiger partial charge in [-0.15, -0.1) is 0 Å². The minimum atomic E-state index is 0.876. The van der Waals surface area contributed by atoms with Gasteiger partial charge in [0.1, 0.15) is 5.82 Å². The van der Waals surface area contributed by atoms with Gasteiger partial charge >= 0.3 is 0 Å².